The number of aromatic nitrogens is 2. The van der Waals surface area contributed by atoms with Gasteiger partial charge in [0.05, 0.1) is 11.0 Å². The van der Waals surface area contributed by atoms with Gasteiger partial charge in [-0.3, -0.25) is 0 Å². The second-order valence-corrected chi connectivity index (χ2v) is 5.24. The van der Waals surface area contributed by atoms with E-state index in [0.29, 0.717) is 0 Å². The number of para-hydroxylation sites is 2. The number of H-pyrrole nitrogens is 1. The van der Waals surface area contributed by atoms with E-state index in [-0.39, 0.29) is 0 Å². The van der Waals surface area contributed by atoms with Crippen molar-refractivity contribution in [1.82, 2.24) is 9.97 Å². The van der Waals surface area contributed by atoms with Crippen molar-refractivity contribution in [2.75, 3.05) is 0 Å². The van der Waals surface area contributed by atoms with E-state index in [2.05, 4.69) is 47.2 Å². The predicted octanol–water partition coefficient (Wildman–Crippen LogP) is 4.16. The Hall–Kier alpha value is -1.74. The maximum atomic E-state index is 4.56. The summed E-state index contributed by atoms with van der Waals surface area (Å²) in [5.74, 6) is 0.951. The lowest BCUT2D eigenvalue weighted by Crippen LogP contribution is -1.85. The van der Waals surface area contributed by atoms with E-state index in [1.807, 2.05) is 18.2 Å². The minimum atomic E-state index is 0.951. The second kappa shape index (κ2) is 4.86. The van der Waals surface area contributed by atoms with Crippen LogP contribution in [0.1, 0.15) is 11.1 Å². The standard InChI is InChI=1S/C15H14N2S/c1-11-6-2-3-7-12(11)10-18-15-16-13-8-4-5-9-14(13)17-15/h2-9H,10H2,1H3,(H,16,17). The minimum absolute atomic E-state index is 0.951. The van der Waals surface area contributed by atoms with E-state index in [1.165, 1.54) is 11.1 Å². The van der Waals surface area contributed by atoms with Crippen molar-refractivity contribution >= 4 is 22.8 Å². The molecule has 3 rings (SSSR count). The summed E-state index contributed by atoms with van der Waals surface area (Å²) < 4.78 is 0. The lowest BCUT2D eigenvalue weighted by atomic mass is 10.1. The number of nitrogens with one attached hydrogen (secondary N) is 1. The smallest absolute Gasteiger partial charge is 0.166 e. The minimum Gasteiger partial charge on any atom is -0.333 e. The molecule has 0 bridgehead atoms. The van der Waals surface area contributed by atoms with Crippen LogP contribution in [0.25, 0.3) is 11.0 Å². The van der Waals surface area contributed by atoms with Gasteiger partial charge in [-0.2, -0.15) is 0 Å². The van der Waals surface area contributed by atoms with Crippen LogP contribution in [0.5, 0.6) is 0 Å². The van der Waals surface area contributed by atoms with Gasteiger partial charge in [-0.25, -0.2) is 4.98 Å². The highest BCUT2D eigenvalue weighted by Crippen LogP contribution is 2.24. The Bertz CT molecular complexity index is 640. The summed E-state index contributed by atoms with van der Waals surface area (Å²) in [5.41, 5.74) is 4.83. The van der Waals surface area contributed by atoms with Crippen LogP contribution < -0.4 is 0 Å². The highest BCUT2D eigenvalue weighted by molar-refractivity contribution is 7.98. The van der Waals surface area contributed by atoms with Gasteiger partial charge in [0.1, 0.15) is 0 Å². The molecule has 0 aliphatic rings. The molecule has 0 spiro atoms. The number of aromatic amines is 1. The third-order valence-electron chi connectivity index (χ3n) is 2.99. The molecular weight excluding hydrogens is 240 g/mol. The average molecular weight is 254 g/mol. The first kappa shape index (κ1) is 11.4. The van der Waals surface area contributed by atoms with Gasteiger partial charge in [-0.1, -0.05) is 48.2 Å². The maximum absolute atomic E-state index is 4.56. The molecule has 1 N–H and O–H groups in total. The summed E-state index contributed by atoms with van der Waals surface area (Å²) in [7, 11) is 0. The van der Waals surface area contributed by atoms with E-state index in [4.69, 9.17) is 0 Å². The van der Waals surface area contributed by atoms with Crippen LogP contribution in [-0.4, -0.2) is 9.97 Å². The molecule has 0 unspecified atom stereocenters. The van der Waals surface area contributed by atoms with E-state index >= 15 is 0 Å². The third kappa shape index (κ3) is 2.27. The molecule has 2 nitrogen and oxygen atoms in total. The van der Waals surface area contributed by atoms with Crippen molar-refractivity contribution in [3.63, 3.8) is 0 Å². The normalized spacial score (nSPS) is 10.9. The highest BCUT2D eigenvalue weighted by atomic mass is 32.2. The molecule has 0 saturated carbocycles. The highest BCUT2D eigenvalue weighted by Gasteiger charge is 2.04. The number of benzene rings is 2. The number of imidazole rings is 1. The summed E-state index contributed by atoms with van der Waals surface area (Å²) in [4.78, 5) is 7.90. The molecule has 18 heavy (non-hydrogen) atoms. The number of fused-ring (bicyclic) bond motifs is 1. The Labute approximate surface area is 110 Å². The van der Waals surface area contributed by atoms with Gasteiger partial charge in [0, 0.05) is 5.75 Å². The van der Waals surface area contributed by atoms with Crippen molar-refractivity contribution in [2.24, 2.45) is 0 Å². The third-order valence-corrected chi connectivity index (χ3v) is 3.92. The fraction of sp³-hybridized carbons (Fsp3) is 0.133. The molecule has 1 heterocycles. The lowest BCUT2D eigenvalue weighted by molar-refractivity contribution is 1.08. The molecular formula is C15H14N2S. The summed E-state index contributed by atoms with van der Waals surface area (Å²) in [6, 6.07) is 16.6. The second-order valence-electron chi connectivity index (χ2n) is 4.27. The van der Waals surface area contributed by atoms with Gasteiger partial charge in [-0.15, -0.1) is 0 Å². The Morgan fingerprint density at radius 1 is 1.06 bits per heavy atom. The number of hydrogen-bond acceptors (Lipinski definition) is 2. The van der Waals surface area contributed by atoms with Crippen LogP contribution in [0.2, 0.25) is 0 Å². The molecule has 2 aromatic carbocycles. The zero-order valence-corrected chi connectivity index (χ0v) is 11.0. The van der Waals surface area contributed by atoms with Crippen LogP contribution in [0, 0.1) is 6.92 Å². The number of hydrogen-bond donors (Lipinski definition) is 1. The van der Waals surface area contributed by atoms with Crippen LogP contribution in [0.15, 0.2) is 53.7 Å². The Balaban J connectivity index is 1.79. The lowest BCUT2D eigenvalue weighted by Gasteiger charge is -2.02. The monoisotopic (exact) mass is 254 g/mol. The Morgan fingerprint density at radius 3 is 2.67 bits per heavy atom. The quantitative estimate of drug-likeness (QED) is 0.711. The van der Waals surface area contributed by atoms with Crippen molar-refractivity contribution in [3.05, 3.63) is 59.7 Å². The molecule has 0 fully saturated rings. The van der Waals surface area contributed by atoms with E-state index in [1.54, 1.807) is 11.8 Å². The Morgan fingerprint density at radius 2 is 1.83 bits per heavy atom. The first-order valence-corrected chi connectivity index (χ1v) is 6.93. The molecule has 0 aliphatic carbocycles. The molecule has 3 heteroatoms. The van der Waals surface area contributed by atoms with Gasteiger partial charge >= 0.3 is 0 Å². The zero-order chi connectivity index (χ0) is 12.4. The van der Waals surface area contributed by atoms with Crippen LogP contribution in [0.3, 0.4) is 0 Å². The van der Waals surface area contributed by atoms with Gasteiger partial charge in [0.25, 0.3) is 0 Å². The summed E-state index contributed by atoms with van der Waals surface area (Å²) in [5, 5.41) is 0.986. The summed E-state index contributed by atoms with van der Waals surface area (Å²) in [6.07, 6.45) is 0. The molecule has 0 radical (unpaired) electrons. The number of aryl methyl sites for hydroxylation is 1. The largest absolute Gasteiger partial charge is 0.333 e. The SMILES string of the molecule is Cc1ccccc1CSc1nc2ccccc2[nH]1. The van der Waals surface area contributed by atoms with Gasteiger partial charge in [-0.05, 0) is 30.2 Å². The van der Waals surface area contributed by atoms with Gasteiger partial charge < -0.3 is 4.98 Å². The first-order valence-electron chi connectivity index (χ1n) is 5.95. The number of rotatable bonds is 3. The first-order chi connectivity index (χ1) is 8.83. The molecule has 0 aliphatic heterocycles. The summed E-state index contributed by atoms with van der Waals surface area (Å²) in [6.45, 7) is 2.15. The Kier molecular flexibility index (Phi) is 3.07. The molecule has 0 amide bonds. The molecule has 0 saturated heterocycles. The van der Waals surface area contributed by atoms with Crippen molar-refractivity contribution in [2.45, 2.75) is 17.8 Å². The van der Waals surface area contributed by atoms with E-state index in [0.717, 1.165) is 21.9 Å². The van der Waals surface area contributed by atoms with Crippen LogP contribution in [-0.2, 0) is 5.75 Å². The predicted molar refractivity (Wildman–Crippen MR) is 76.8 cm³/mol. The van der Waals surface area contributed by atoms with Crippen LogP contribution >= 0.6 is 11.8 Å². The average Bonchev–Trinajstić information content (AvgIpc) is 2.80. The molecule has 3 aromatic rings. The molecule has 90 valence electrons. The van der Waals surface area contributed by atoms with E-state index < -0.39 is 0 Å². The zero-order valence-electron chi connectivity index (χ0n) is 10.2. The molecule has 0 atom stereocenters. The van der Waals surface area contributed by atoms with Crippen molar-refractivity contribution in [1.29, 1.82) is 0 Å². The maximum Gasteiger partial charge on any atom is 0.166 e. The fourth-order valence-corrected chi connectivity index (χ4v) is 2.88. The van der Waals surface area contributed by atoms with Crippen molar-refractivity contribution in [3.8, 4) is 0 Å². The fourth-order valence-electron chi connectivity index (χ4n) is 1.92. The number of nitrogens with zero attached hydrogens (tertiary/aromatic N) is 1. The summed E-state index contributed by atoms with van der Waals surface area (Å²) >= 11 is 1.75. The van der Waals surface area contributed by atoms with Gasteiger partial charge in [0.15, 0.2) is 5.16 Å². The molecule has 1 aromatic heterocycles. The van der Waals surface area contributed by atoms with Gasteiger partial charge in [0.2, 0.25) is 0 Å². The van der Waals surface area contributed by atoms with Crippen molar-refractivity contribution < 1.29 is 0 Å². The topological polar surface area (TPSA) is 28.7 Å². The van der Waals surface area contributed by atoms with E-state index in [9.17, 15) is 0 Å². The van der Waals surface area contributed by atoms with Crippen LogP contribution in [0.4, 0.5) is 0 Å². The number of thioether (sulfide) groups is 1.